The average molecular weight is 530 g/mol. The topological polar surface area (TPSA) is 82.6 Å². The van der Waals surface area contributed by atoms with Gasteiger partial charge in [-0.2, -0.15) is 0 Å². The molecule has 0 fully saturated rings. The molecule has 8 heteroatoms. The maximum atomic E-state index is 12.3. The molecule has 29 heavy (non-hydrogen) atoms. The number of aliphatic imine (C=N–C) groups is 1. The Labute approximate surface area is 191 Å². The van der Waals surface area contributed by atoms with Crippen molar-refractivity contribution in [2.24, 2.45) is 4.99 Å². The van der Waals surface area contributed by atoms with E-state index in [0.717, 1.165) is 11.1 Å². The molecule has 3 N–H and O–H groups in total. The van der Waals surface area contributed by atoms with Crippen LogP contribution in [0.15, 0.2) is 53.5 Å². The second kappa shape index (κ2) is 12.1. The van der Waals surface area contributed by atoms with E-state index in [1.54, 1.807) is 7.05 Å². The summed E-state index contributed by atoms with van der Waals surface area (Å²) in [6, 6.07) is 15.6. The summed E-state index contributed by atoms with van der Waals surface area (Å²) in [6.07, 6.45) is 0. The fourth-order valence-electron chi connectivity index (χ4n) is 2.86. The number of hydrogen-bond donors (Lipinski definition) is 3. The Kier molecular flexibility index (Phi) is 10.6. The van der Waals surface area contributed by atoms with Gasteiger partial charge < -0.3 is 10.6 Å². The van der Waals surface area contributed by atoms with E-state index in [1.165, 1.54) is 11.1 Å². The van der Waals surface area contributed by atoms with Gasteiger partial charge in [-0.1, -0.05) is 48.5 Å². The summed E-state index contributed by atoms with van der Waals surface area (Å²) in [4.78, 5) is 4.26. The van der Waals surface area contributed by atoms with Crippen molar-refractivity contribution >= 4 is 40.0 Å². The van der Waals surface area contributed by atoms with Crippen LogP contribution in [0, 0.1) is 6.92 Å². The van der Waals surface area contributed by atoms with Crippen molar-refractivity contribution in [1.82, 2.24) is 15.4 Å². The molecule has 0 spiro atoms. The highest BCUT2D eigenvalue weighted by molar-refractivity contribution is 14.0. The number of rotatable bonds is 8. The van der Waals surface area contributed by atoms with Crippen LogP contribution in [0.4, 0.5) is 0 Å². The second-order valence-electron chi connectivity index (χ2n) is 7.01. The number of halogens is 1. The lowest BCUT2D eigenvalue weighted by atomic mass is 10.1. The zero-order valence-corrected chi connectivity index (χ0v) is 20.5. The van der Waals surface area contributed by atoms with Gasteiger partial charge in [-0.25, -0.2) is 13.1 Å². The lowest BCUT2D eigenvalue weighted by Crippen LogP contribution is -2.37. The Hall–Kier alpha value is -1.65. The lowest BCUT2D eigenvalue weighted by Gasteiger charge is -2.16. The summed E-state index contributed by atoms with van der Waals surface area (Å²) in [5.41, 5.74) is 4.13. The normalized spacial score (nSPS) is 11.8. The smallest absolute Gasteiger partial charge is 0.216 e. The standard InChI is InChI=1S/C21H30N4O2S.HI/c1-16(2)25-28(26,27)15-20-12-8-7-11-19(20)14-24-21(22-4)23-13-18-10-6-5-9-17(18)3;/h5-12,16,25H,13-15H2,1-4H3,(H2,22,23,24);1H. The van der Waals surface area contributed by atoms with E-state index >= 15 is 0 Å². The fraction of sp³-hybridized carbons (Fsp3) is 0.381. The van der Waals surface area contributed by atoms with Crippen LogP contribution in [0.5, 0.6) is 0 Å². The van der Waals surface area contributed by atoms with Crippen LogP contribution in [0.1, 0.15) is 36.1 Å². The zero-order chi connectivity index (χ0) is 20.6. The number of hydrogen-bond acceptors (Lipinski definition) is 3. The van der Waals surface area contributed by atoms with Crippen LogP contribution >= 0.6 is 24.0 Å². The van der Waals surface area contributed by atoms with E-state index in [4.69, 9.17) is 0 Å². The summed E-state index contributed by atoms with van der Waals surface area (Å²) in [5.74, 6) is 0.624. The first kappa shape index (κ1) is 25.4. The largest absolute Gasteiger partial charge is 0.352 e. The molecule has 0 saturated heterocycles. The van der Waals surface area contributed by atoms with Gasteiger partial charge in [0.15, 0.2) is 5.96 Å². The third-order valence-electron chi connectivity index (χ3n) is 4.26. The Morgan fingerprint density at radius 2 is 1.45 bits per heavy atom. The summed E-state index contributed by atoms with van der Waals surface area (Å²) in [6.45, 7) is 6.86. The second-order valence-corrected chi connectivity index (χ2v) is 8.76. The van der Waals surface area contributed by atoms with E-state index in [2.05, 4.69) is 39.4 Å². The number of aryl methyl sites for hydroxylation is 1. The molecule has 0 aliphatic carbocycles. The minimum Gasteiger partial charge on any atom is -0.352 e. The predicted octanol–water partition coefficient (Wildman–Crippen LogP) is 3.31. The molecule has 0 saturated carbocycles. The van der Waals surface area contributed by atoms with Crippen molar-refractivity contribution in [1.29, 1.82) is 0 Å². The van der Waals surface area contributed by atoms with Crippen molar-refractivity contribution in [3.8, 4) is 0 Å². The van der Waals surface area contributed by atoms with Crippen LogP contribution in [0.25, 0.3) is 0 Å². The van der Waals surface area contributed by atoms with Crippen molar-refractivity contribution in [3.05, 3.63) is 70.8 Å². The molecule has 160 valence electrons. The number of guanidine groups is 1. The van der Waals surface area contributed by atoms with Crippen LogP contribution < -0.4 is 15.4 Å². The highest BCUT2D eigenvalue weighted by Crippen LogP contribution is 2.12. The van der Waals surface area contributed by atoms with Gasteiger partial charge in [0, 0.05) is 26.2 Å². The van der Waals surface area contributed by atoms with Gasteiger partial charge in [0.25, 0.3) is 0 Å². The van der Waals surface area contributed by atoms with E-state index in [0.29, 0.717) is 19.0 Å². The SMILES string of the molecule is CN=C(NCc1ccccc1C)NCc1ccccc1CS(=O)(=O)NC(C)C.I. The molecular formula is C21H31IN4O2S. The zero-order valence-electron chi connectivity index (χ0n) is 17.4. The average Bonchev–Trinajstić information content (AvgIpc) is 2.63. The third-order valence-corrected chi connectivity index (χ3v) is 5.78. The van der Waals surface area contributed by atoms with E-state index < -0.39 is 10.0 Å². The maximum absolute atomic E-state index is 12.3. The summed E-state index contributed by atoms with van der Waals surface area (Å²) >= 11 is 0. The molecule has 0 aromatic heterocycles. The van der Waals surface area contributed by atoms with Gasteiger partial charge in [-0.15, -0.1) is 24.0 Å². The van der Waals surface area contributed by atoms with Gasteiger partial charge in [-0.3, -0.25) is 4.99 Å². The monoisotopic (exact) mass is 530 g/mol. The van der Waals surface area contributed by atoms with E-state index in [-0.39, 0.29) is 35.8 Å². The summed E-state index contributed by atoms with van der Waals surface area (Å²) < 4.78 is 27.2. The molecule has 2 aromatic rings. The van der Waals surface area contributed by atoms with Gasteiger partial charge in [-0.05, 0) is 43.0 Å². The van der Waals surface area contributed by atoms with E-state index in [9.17, 15) is 8.42 Å². The summed E-state index contributed by atoms with van der Waals surface area (Å²) in [7, 11) is -1.66. The van der Waals surface area contributed by atoms with Crippen molar-refractivity contribution in [2.45, 2.75) is 45.7 Å². The molecule has 0 bridgehead atoms. The fourth-order valence-corrected chi connectivity index (χ4v) is 4.36. The van der Waals surface area contributed by atoms with E-state index in [1.807, 2.05) is 50.2 Å². The molecule has 0 unspecified atom stereocenters. The van der Waals surface area contributed by atoms with Crippen LogP contribution in [0.2, 0.25) is 0 Å². The van der Waals surface area contributed by atoms with Crippen molar-refractivity contribution < 1.29 is 8.42 Å². The van der Waals surface area contributed by atoms with Gasteiger partial charge in [0.1, 0.15) is 0 Å². The molecule has 6 nitrogen and oxygen atoms in total. The number of nitrogens with one attached hydrogen (secondary N) is 3. The first-order chi connectivity index (χ1) is 13.3. The Balaban J connectivity index is 0.00000420. The molecule has 0 atom stereocenters. The van der Waals surface area contributed by atoms with Crippen LogP contribution in [-0.2, 0) is 28.9 Å². The van der Waals surface area contributed by atoms with Crippen molar-refractivity contribution in [3.63, 3.8) is 0 Å². The molecule has 0 aliphatic rings. The summed E-state index contributed by atoms with van der Waals surface area (Å²) in [5, 5.41) is 6.56. The predicted molar refractivity (Wildman–Crippen MR) is 131 cm³/mol. The van der Waals surface area contributed by atoms with Gasteiger partial charge >= 0.3 is 0 Å². The third kappa shape index (κ3) is 8.71. The molecule has 2 rings (SSSR count). The van der Waals surface area contributed by atoms with Crippen molar-refractivity contribution in [2.75, 3.05) is 7.05 Å². The molecule has 0 amide bonds. The first-order valence-corrected chi connectivity index (χ1v) is 11.0. The number of benzene rings is 2. The Bertz CT molecular complexity index is 914. The maximum Gasteiger partial charge on any atom is 0.216 e. The first-order valence-electron chi connectivity index (χ1n) is 9.36. The van der Waals surface area contributed by atoms with Crippen LogP contribution in [-0.4, -0.2) is 27.5 Å². The Morgan fingerprint density at radius 3 is 2.00 bits per heavy atom. The molecule has 0 aliphatic heterocycles. The van der Waals surface area contributed by atoms with Gasteiger partial charge in [0.05, 0.1) is 5.75 Å². The minimum atomic E-state index is -3.38. The minimum absolute atomic E-state index is 0. The number of sulfonamides is 1. The van der Waals surface area contributed by atoms with Gasteiger partial charge in [0.2, 0.25) is 10.0 Å². The molecule has 0 radical (unpaired) electrons. The molecular weight excluding hydrogens is 499 g/mol. The molecule has 2 aromatic carbocycles. The Morgan fingerprint density at radius 1 is 0.931 bits per heavy atom. The highest BCUT2D eigenvalue weighted by Gasteiger charge is 2.15. The lowest BCUT2D eigenvalue weighted by molar-refractivity contribution is 0.568. The highest BCUT2D eigenvalue weighted by atomic mass is 127. The molecule has 0 heterocycles. The van der Waals surface area contributed by atoms with Crippen LogP contribution in [0.3, 0.4) is 0 Å². The quantitative estimate of drug-likeness (QED) is 0.278. The number of nitrogens with zero attached hydrogens (tertiary/aromatic N) is 1.